The summed E-state index contributed by atoms with van der Waals surface area (Å²) >= 11 is 0. The number of fused-ring (bicyclic) bond motifs is 3. The third-order valence-electron chi connectivity index (χ3n) is 2.21. The van der Waals surface area contributed by atoms with E-state index in [9.17, 15) is 0 Å². The number of aromatic nitrogens is 3. The van der Waals surface area contributed by atoms with Crippen LogP contribution in [0.3, 0.4) is 0 Å². The van der Waals surface area contributed by atoms with Gasteiger partial charge in [0.25, 0.3) is 0 Å². The Morgan fingerprint density at radius 1 is 1.15 bits per heavy atom. The molecule has 3 heteroatoms. The number of para-hydroxylation sites is 1. The van der Waals surface area contributed by atoms with Crippen molar-refractivity contribution in [1.82, 2.24) is 15.2 Å². The fourth-order valence-corrected chi connectivity index (χ4v) is 1.57. The molecule has 1 aromatic rings. The zero-order valence-electron chi connectivity index (χ0n) is 6.86. The molecule has 0 radical (unpaired) electrons. The first-order chi connectivity index (χ1) is 6.45. The molecule has 2 aliphatic heterocycles. The molecule has 1 N–H and O–H groups in total. The van der Waals surface area contributed by atoms with E-state index in [1.165, 1.54) is 5.39 Å². The van der Waals surface area contributed by atoms with Gasteiger partial charge in [-0.2, -0.15) is 5.10 Å². The number of hydrogen-bond donors (Lipinski definition) is 1. The minimum atomic E-state index is 0.915. The van der Waals surface area contributed by atoms with Crippen molar-refractivity contribution in [3.63, 3.8) is 0 Å². The van der Waals surface area contributed by atoms with Gasteiger partial charge in [0, 0.05) is 22.7 Å². The Hall–Kier alpha value is -1.90. The van der Waals surface area contributed by atoms with E-state index < -0.39 is 0 Å². The van der Waals surface area contributed by atoms with Gasteiger partial charge in [-0.3, -0.25) is 0 Å². The van der Waals surface area contributed by atoms with Gasteiger partial charge >= 0.3 is 0 Å². The Morgan fingerprint density at radius 2 is 2.08 bits per heavy atom. The van der Waals surface area contributed by atoms with Gasteiger partial charge in [-0.05, 0) is 6.07 Å². The molecule has 0 bridgehead atoms. The second-order valence-electron chi connectivity index (χ2n) is 2.98. The van der Waals surface area contributed by atoms with Crippen molar-refractivity contribution in [2.75, 3.05) is 0 Å². The third-order valence-corrected chi connectivity index (χ3v) is 2.21. The molecule has 1 aromatic carbocycles. The SMILES string of the molecule is c1ccc2c3cnnc-3c[nH]c2c1. The van der Waals surface area contributed by atoms with Crippen molar-refractivity contribution in [3.05, 3.63) is 36.7 Å². The van der Waals surface area contributed by atoms with Crippen molar-refractivity contribution in [2.24, 2.45) is 0 Å². The number of H-pyrrole nitrogens is 1. The molecular formula is C10H7N3. The van der Waals surface area contributed by atoms with Crippen LogP contribution >= 0.6 is 0 Å². The lowest BCUT2D eigenvalue weighted by atomic mass is 10.1. The molecule has 0 aliphatic carbocycles. The Kier molecular flexibility index (Phi) is 1.16. The molecule has 0 saturated heterocycles. The van der Waals surface area contributed by atoms with Gasteiger partial charge in [0.1, 0.15) is 5.69 Å². The summed E-state index contributed by atoms with van der Waals surface area (Å²) in [5, 5.41) is 9.04. The summed E-state index contributed by atoms with van der Waals surface area (Å²) in [5.41, 5.74) is 3.14. The van der Waals surface area contributed by atoms with E-state index >= 15 is 0 Å². The Labute approximate surface area is 74.8 Å². The van der Waals surface area contributed by atoms with Crippen LogP contribution in [0.25, 0.3) is 22.2 Å². The van der Waals surface area contributed by atoms with Crippen molar-refractivity contribution in [2.45, 2.75) is 0 Å². The lowest BCUT2D eigenvalue weighted by Crippen LogP contribution is -1.83. The number of nitrogens with one attached hydrogen (secondary N) is 1. The molecular weight excluding hydrogens is 162 g/mol. The number of aromatic amines is 1. The van der Waals surface area contributed by atoms with Crippen molar-refractivity contribution in [3.8, 4) is 11.3 Å². The number of benzene rings is 1. The van der Waals surface area contributed by atoms with Gasteiger partial charge in [-0.1, -0.05) is 18.2 Å². The summed E-state index contributed by atoms with van der Waals surface area (Å²) in [6, 6.07) is 8.14. The number of pyridine rings is 1. The fraction of sp³-hybridized carbons (Fsp3) is 0. The van der Waals surface area contributed by atoms with Crippen LogP contribution in [0.5, 0.6) is 0 Å². The summed E-state index contributed by atoms with van der Waals surface area (Å²) < 4.78 is 0. The lowest BCUT2D eigenvalue weighted by molar-refractivity contribution is 1.10. The molecule has 0 fully saturated rings. The van der Waals surface area contributed by atoms with Crippen molar-refractivity contribution in [1.29, 1.82) is 0 Å². The molecule has 13 heavy (non-hydrogen) atoms. The quantitative estimate of drug-likeness (QED) is 0.559. The lowest BCUT2D eigenvalue weighted by Gasteiger charge is -2.01. The largest absolute Gasteiger partial charge is 0.359 e. The van der Waals surface area contributed by atoms with Gasteiger partial charge in [0.2, 0.25) is 0 Å². The minimum absolute atomic E-state index is 0.915. The van der Waals surface area contributed by atoms with E-state index in [-0.39, 0.29) is 0 Å². The summed E-state index contributed by atoms with van der Waals surface area (Å²) in [6.45, 7) is 0. The maximum atomic E-state index is 3.99. The molecule has 3 rings (SSSR count). The van der Waals surface area contributed by atoms with Crippen LogP contribution in [0, 0.1) is 0 Å². The van der Waals surface area contributed by atoms with Crippen LogP contribution < -0.4 is 0 Å². The molecule has 0 aromatic heterocycles. The highest BCUT2D eigenvalue weighted by atomic mass is 15.1. The Balaban J connectivity index is 2.57. The zero-order chi connectivity index (χ0) is 8.67. The average molecular weight is 169 g/mol. The Bertz CT molecular complexity index is 527. The van der Waals surface area contributed by atoms with E-state index in [4.69, 9.17) is 0 Å². The topological polar surface area (TPSA) is 41.6 Å². The monoisotopic (exact) mass is 169 g/mol. The summed E-state index contributed by atoms with van der Waals surface area (Å²) in [5.74, 6) is 0. The van der Waals surface area contributed by atoms with Crippen LogP contribution in [0.4, 0.5) is 0 Å². The van der Waals surface area contributed by atoms with Crippen LogP contribution in [0.2, 0.25) is 0 Å². The van der Waals surface area contributed by atoms with Gasteiger partial charge in [0.05, 0.1) is 6.20 Å². The molecule has 0 saturated carbocycles. The predicted molar refractivity (Wildman–Crippen MR) is 50.5 cm³/mol. The van der Waals surface area contributed by atoms with Gasteiger partial charge in [0.15, 0.2) is 0 Å². The first-order valence-electron chi connectivity index (χ1n) is 4.13. The van der Waals surface area contributed by atoms with Crippen LogP contribution in [0.15, 0.2) is 36.7 Å². The van der Waals surface area contributed by atoms with Gasteiger partial charge < -0.3 is 4.98 Å². The minimum Gasteiger partial charge on any atom is -0.359 e. The number of nitrogens with zero attached hydrogens (tertiary/aromatic N) is 2. The van der Waals surface area contributed by atoms with E-state index in [2.05, 4.69) is 21.2 Å². The summed E-state index contributed by atoms with van der Waals surface area (Å²) in [7, 11) is 0. The maximum Gasteiger partial charge on any atom is 0.111 e. The molecule has 62 valence electrons. The molecule has 0 amide bonds. The molecule has 0 unspecified atom stereocenters. The zero-order valence-corrected chi connectivity index (χ0v) is 6.86. The Morgan fingerprint density at radius 3 is 3.08 bits per heavy atom. The molecule has 3 nitrogen and oxygen atoms in total. The highest BCUT2D eigenvalue weighted by molar-refractivity contribution is 5.93. The van der Waals surface area contributed by atoms with E-state index in [1.807, 2.05) is 24.4 Å². The van der Waals surface area contributed by atoms with Gasteiger partial charge in [-0.25, -0.2) is 0 Å². The molecule has 2 heterocycles. The second-order valence-corrected chi connectivity index (χ2v) is 2.98. The van der Waals surface area contributed by atoms with E-state index in [0.29, 0.717) is 0 Å². The van der Waals surface area contributed by atoms with Crippen molar-refractivity contribution >= 4 is 10.9 Å². The van der Waals surface area contributed by atoms with Crippen LogP contribution in [-0.4, -0.2) is 15.2 Å². The summed E-state index contributed by atoms with van der Waals surface area (Å²) in [6.07, 6.45) is 3.68. The van der Waals surface area contributed by atoms with Crippen LogP contribution in [-0.2, 0) is 0 Å². The highest BCUT2D eigenvalue weighted by Crippen LogP contribution is 2.26. The fourth-order valence-electron chi connectivity index (χ4n) is 1.57. The summed E-state index contributed by atoms with van der Waals surface area (Å²) in [4.78, 5) is 3.18. The maximum absolute atomic E-state index is 3.99. The van der Waals surface area contributed by atoms with E-state index in [1.54, 1.807) is 6.20 Å². The standard InChI is InChI=1S/C10H7N3/c1-2-4-9-7(3-1)8-5-12-13-10(8)6-11-9/h1-6,11H. The molecule has 0 atom stereocenters. The molecule has 0 spiro atoms. The first-order valence-corrected chi connectivity index (χ1v) is 4.13. The van der Waals surface area contributed by atoms with Crippen molar-refractivity contribution < 1.29 is 0 Å². The van der Waals surface area contributed by atoms with Gasteiger partial charge in [-0.15, -0.1) is 5.10 Å². The highest BCUT2D eigenvalue weighted by Gasteiger charge is 2.08. The normalized spacial score (nSPS) is 11.1. The molecule has 2 aliphatic rings. The van der Waals surface area contributed by atoms with E-state index in [0.717, 1.165) is 16.8 Å². The third kappa shape index (κ3) is 0.839. The first kappa shape index (κ1) is 6.60. The second kappa shape index (κ2) is 2.29. The number of rotatable bonds is 0. The smallest absolute Gasteiger partial charge is 0.111 e. The number of hydrogen-bond acceptors (Lipinski definition) is 2. The predicted octanol–water partition coefficient (Wildman–Crippen LogP) is 2.06. The van der Waals surface area contributed by atoms with Crippen LogP contribution in [0.1, 0.15) is 0 Å². The average Bonchev–Trinajstić information content (AvgIpc) is 2.65.